The summed E-state index contributed by atoms with van der Waals surface area (Å²) >= 11 is 5.92. The number of fused-ring (bicyclic) bond motifs is 1. The molecule has 0 aliphatic carbocycles. The highest BCUT2D eigenvalue weighted by Gasteiger charge is 2.13. The smallest absolute Gasteiger partial charge is 0.262 e. The minimum atomic E-state index is -0.359. The maximum Gasteiger partial charge on any atom is 0.262 e. The molecular formula is C23H15ClN4O2. The predicted molar refractivity (Wildman–Crippen MR) is 116 cm³/mol. The first-order chi connectivity index (χ1) is 14.5. The van der Waals surface area contributed by atoms with E-state index in [0.29, 0.717) is 27.2 Å². The van der Waals surface area contributed by atoms with Crippen molar-refractivity contribution < 1.29 is 4.79 Å². The number of nitrogens with one attached hydrogen (secondary N) is 1. The van der Waals surface area contributed by atoms with Gasteiger partial charge in [-0.2, -0.15) is 5.26 Å². The summed E-state index contributed by atoms with van der Waals surface area (Å²) in [6.45, 7) is 0.183. The normalized spacial score (nSPS) is 10.5. The lowest BCUT2D eigenvalue weighted by Crippen LogP contribution is -2.25. The molecular weight excluding hydrogens is 400 g/mol. The van der Waals surface area contributed by atoms with Gasteiger partial charge in [0, 0.05) is 16.3 Å². The lowest BCUT2D eigenvalue weighted by atomic mass is 10.1. The third-order valence-electron chi connectivity index (χ3n) is 4.60. The van der Waals surface area contributed by atoms with Gasteiger partial charge in [-0.1, -0.05) is 41.9 Å². The zero-order valence-corrected chi connectivity index (χ0v) is 16.4. The van der Waals surface area contributed by atoms with Gasteiger partial charge >= 0.3 is 0 Å². The van der Waals surface area contributed by atoms with Crippen LogP contribution in [0.4, 0.5) is 5.69 Å². The number of anilines is 1. The second-order valence-corrected chi connectivity index (χ2v) is 7.05. The van der Waals surface area contributed by atoms with Gasteiger partial charge in [0.25, 0.3) is 11.5 Å². The van der Waals surface area contributed by atoms with Crippen molar-refractivity contribution in [3.8, 4) is 6.07 Å². The minimum Gasteiger partial charge on any atom is -0.322 e. The van der Waals surface area contributed by atoms with Crippen LogP contribution in [0.5, 0.6) is 0 Å². The molecule has 0 unspecified atom stereocenters. The fraction of sp³-hybridized carbons (Fsp3) is 0.0435. The van der Waals surface area contributed by atoms with Crippen LogP contribution >= 0.6 is 11.6 Å². The standard InChI is InChI=1S/C23H15ClN4O2/c24-17-8-6-15(7-9-17)14-28-21(13-25)27-20-11-10-18(12-19(20)23(28)30)26-22(29)16-4-2-1-3-5-16/h1-12H,14H2,(H,26,29). The molecule has 1 aromatic heterocycles. The summed E-state index contributed by atoms with van der Waals surface area (Å²) in [4.78, 5) is 29.8. The SMILES string of the molecule is N#Cc1nc2ccc(NC(=O)c3ccccc3)cc2c(=O)n1Cc1ccc(Cl)cc1. The summed E-state index contributed by atoms with van der Waals surface area (Å²) < 4.78 is 1.31. The molecule has 1 heterocycles. The highest BCUT2D eigenvalue weighted by atomic mass is 35.5. The molecule has 1 N–H and O–H groups in total. The van der Waals surface area contributed by atoms with Gasteiger partial charge in [0.15, 0.2) is 0 Å². The first-order valence-corrected chi connectivity index (χ1v) is 9.48. The summed E-state index contributed by atoms with van der Waals surface area (Å²) in [5.41, 5.74) is 1.82. The summed E-state index contributed by atoms with van der Waals surface area (Å²) in [6.07, 6.45) is 0. The number of nitriles is 1. The molecule has 3 aromatic carbocycles. The Labute approximate surface area is 177 Å². The quantitative estimate of drug-likeness (QED) is 0.541. The molecule has 4 rings (SSSR count). The van der Waals surface area contributed by atoms with Crippen LogP contribution in [-0.2, 0) is 6.54 Å². The van der Waals surface area contributed by atoms with E-state index in [9.17, 15) is 14.9 Å². The molecule has 0 atom stereocenters. The Morgan fingerprint density at radius 3 is 2.50 bits per heavy atom. The molecule has 0 saturated carbocycles. The molecule has 7 heteroatoms. The predicted octanol–water partition coefficient (Wildman–Crippen LogP) is 4.22. The fourth-order valence-electron chi connectivity index (χ4n) is 3.10. The lowest BCUT2D eigenvalue weighted by Gasteiger charge is -2.11. The molecule has 146 valence electrons. The second-order valence-electron chi connectivity index (χ2n) is 6.62. The van der Waals surface area contributed by atoms with Gasteiger partial charge in [0.1, 0.15) is 6.07 Å². The molecule has 0 aliphatic rings. The van der Waals surface area contributed by atoms with Crippen LogP contribution in [0, 0.1) is 11.3 Å². The number of hydrogen-bond acceptors (Lipinski definition) is 4. The van der Waals surface area contributed by atoms with E-state index in [1.165, 1.54) is 4.57 Å². The summed E-state index contributed by atoms with van der Waals surface area (Å²) in [5, 5.41) is 13.2. The van der Waals surface area contributed by atoms with Crippen LogP contribution < -0.4 is 10.9 Å². The van der Waals surface area contributed by atoms with Crippen LogP contribution in [-0.4, -0.2) is 15.5 Å². The van der Waals surface area contributed by atoms with Crippen molar-refractivity contribution in [2.24, 2.45) is 0 Å². The van der Waals surface area contributed by atoms with Crippen LogP contribution in [0.2, 0.25) is 5.02 Å². The molecule has 6 nitrogen and oxygen atoms in total. The fourth-order valence-corrected chi connectivity index (χ4v) is 3.22. The Morgan fingerprint density at radius 2 is 1.80 bits per heavy atom. The van der Waals surface area contributed by atoms with Gasteiger partial charge < -0.3 is 5.32 Å². The Morgan fingerprint density at radius 1 is 1.07 bits per heavy atom. The largest absolute Gasteiger partial charge is 0.322 e. The van der Waals surface area contributed by atoms with Gasteiger partial charge in [-0.25, -0.2) is 4.98 Å². The Balaban J connectivity index is 1.73. The van der Waals surface area contributed by atoms with E-state index in [4.69, 9.17) is 11.6 Å². The number of benzene rings is 3. The summed E-state index contributed by atoms with van der Waals surface area (Å²) in [7, 11) is 0. The van der Waals surface area contributed by atoms with E-state index in [1.54, 1.807) is 66.7 Å². The van der Waals surface area contributed by atoms with Gasteiger partial charge in [-0.3, -0.25) is 14.2 Å². The lowest BCUT2D eigenvalue weighted by molar-refractivity contribution is 0.102. The maximum absolute atomic E-state index is 13.1. The van der Waals surface area contributed by atoms with E-state index in [-0.39, 0.29) is 23.8 Å². The maximum atomic E-state index is 13.1. The number of carbonyl (C=O) groups excluding carboxylic acids is 1. The van der Waals surface area contributed by atoms with E-state index in [1.807, 2.05) is 12.1 Å². The average Bonchev–Trinajstić information content (AvgIpc) is 2.78. The third kappa shape index (κ3) is 3.93. The van der Waals surface area contributed by atoms with Crippen molar-refractivity contribution >= 4 is 34.1 Å². The molecule has 0 saturated heterocycles. The third-order valence-corrected chi connectivity index (χ3v) is 4.85. The van der Waals surface area contributed by atoms with Gasteiger partial charge in [0.05, 0.1) is 17.4 Å². The number of carbonyl (C=O) groups is 1. The Kier molecular flexibility index (Phi) is 5.29. The monoisotopic (exact) mass is 414 g/mol. The van der Waals surface area contributed by atoms with Crippen molar-refractivity contribution in [1.82, 2.24) is 9.55 Å². The molecule has 4 aromatic rings. The number of aromatic nitrogens is 2. The van der Waals surface area contributed by atoms with Gasteiger partial charge in [-0.15, -0.1) is 0 Å². The first kappa shape index (κ1) is 19.4. The zero-order chi connectivity index (χ0) is 21.1. The summed E-state index contributed by atoms with van der Waals surface area (Å²) in [5.74, 6) is -0.262. The van der Waals surface area contributed by atoms with Crippen molar-refractivity contribution in [3.63, 3.8) is 0 Å². The average molecular weight is 415 g/mol. The van der Waals surface area contributed by atoms with Crippen LogP contribution in [0.3, 0.4) is 0 Å². The number of amides is 1. The minimum absolute atomic E-state index is 0.0171. The van der Waals surface area contributed by atoms with Crippen molar-refractivity contribution in [2.75, 3.05) is 5.32 Å². The van der Waals surface area contributed by atoms with Crippen LogP contribution in [0.25, 0.3) is 10.9 Å². The molecule has 0 radical (unpaired) electrons. The van der Waals surface area contributed by atoms with Gasteiger partial charge in [0.2, 0.25) is 5.82 Å². The molecule has 0 aliphatic heterocycles. The number of hydrogen-bond donors (Lipinski definition) is 1. The number of rotatable bonds is 4. The second kappa shape index (κ2) is 8.19. The highest BCUT2D eigenvalue weighted by Crippen LogP contribution is 2.17. The van der Waals surface area contributed by atoms with Crippen LogP contribution in [0.1, 0.15) is 21.7 Å². The topological polar surface area (TPSA) is 87.8 Å². The molecule has 0 fully saturated rings. The van der Waals surface area contributed by atoms with Crippen LogP contribution in [0.15, 0.2) is 77.6 Å². The molecule has 0 bridgehead atoms. The Bertz CT molecular complexity index is 1340. The highest BCUT2D eigenvalue weighted by molar-refractivity contribution is 6.30. The summed E-state index contributed by atoms with van der Waals surface area (Å²) in [6, 6.07) is 22.6. The van der Waals surface area contributed by atoms with E-state index in [0.717, 1.165) is 5.56 Å². The van der Waals surface area contributed by atoms with E-state index < -0.39 is 0 Å². The molecule has 30 heavy (non-hydrogen) atoms. The molecule has 0 spiro atoms. The van der Waals surface area contributed by atoms with E-state index in [2.05, 4.69) is 10.3 Å². The number of halogens is 1. The van der Waals surface area contributed by atoms with E-state index >= 15 is 0 Å². The zero-order valence-electron chi connectivity index (χ0n) is 15.7. The van der Waals surface area contributed by atoms with Gasteiger partial charge in [-0.05, 0) is 48.0 Å². The number of nitrogens with zero attached hydrogens (tertiary/aromatic N) is 3. The van der Waals surface area contributed by atoms with Crippen molar-refractivity contribution in [2.45, 2.75) is 6.54 Å². The van der Waals surface area contributed by atoms with Crippen molar-refractivity contribution in [1.29, 1.82) is 5.26 Å². The first-order valence-electron chi connectivity index (χ1n) is 9.11. The van der Waals surface area contributed by atoms with Crippen molar-refractivity contribution in [3.05, 3.63) is 105 Å². The molecule has 1 amide bonds. The Hall–Kier alpha value is -3.95.